The molecule has 2 aromatic rings. The Kier molecular flexibility index (Phi) is 5.35. The van der Waals surface area contributed by atoms with Gasteiger partial charge in [0.05, 0.1) is 17.8 Å². The molecule has 1 fully saturated rings. The zero-order chi connectivity index (χ0) is 18.6. The lowest BCUT2D eigenvalue weighted by atomic mass is 10.1. The number of anilines is 3. The molecule has 0 spiro atoms. The molecule has 1 saturated heterocycles. The maximum atomic E-state index is 12.9. The molecule has 0 atom stereocenters. The van der Waals surface area contributed by atoms with Crippen molar-refractivity contribution in [1.29, 1.82) is 0 Å². The molecule has 0 radical (unpaired) electrons. The van der Waals surface area contributed by atoms with Gasteiger partial charge in [0, 0.05) is 24.5 Å². The summed E-state index contributed by atoms with van der Waals surface area (Å²) in [7, 11) is 0. The number of carbonyl (C=O) groups is 1. The average molecular weight is 363 g/mol. The highest BCUT2D eigenvalue weighted by molar-refractivity contribution is 5.94. The molecule has 138 valence electrons. The first-order valence-corrected chi connectivity index (χ1v) is 8.48. The minimum absolute atomic E-state index is 0.116. The Bertz CT molecular complexity index is 753. The van der Waals surface area contributed by atoms with Crippen molar-refractivity contribution in [2.45, 2.75) is 19.0 Å². The third-order valence-corrected chi connectivity index (χ3v) is 4.30. The van der Waals surface area contributed by atoms with E-state index in [9.17, 15) is 18.0 Å². The van der Waals surface area contributed by atoms with Crippen molar-refractivity contribution in [2.75, 3.05) is 35.2 Å². The van der Waals surface area contributed by atoms with Crippen LogP contribution in [0.15, 0.2) is 48.5 Å². The first-order chi connectivity index (χ1) is 12.4. The van der Waals surface area contributed by atoms with Crippen LogP contribution in [0.4, 0.5) is 30.2 Å². The van der Waals surface area contributed by atoms with Crippen LogP contribution < -0.4 is 15.5 Å². The number of amides is 1. The second-order valence-corrected chi connectivity index (χ2v) is 6.19. The number of hydrogen-bond donors (Lipinski definition) is 2. The van der Waals surface area contributed by atoms with Crippen molar-refractivity contribution in [2.24, 2.45) is 0 Å². The molecule has 2 aromatic carbocycles. The van der Waals surface area contributed by atoms with Gasteiger partial charge in [0.15, 0.2) is 0 Å². The fourth-order valence-corrected chi connectivity index (χ4v) is 2.98. The van der Waals surface area contributed by atoms with Crippen molar-refractivity contribution in [3.05, 3.63) is 54.1 Å². The lowest BCUT2D eigenvalue weighted by Crippen LogP contribution is -2.23. The molecule has 4 nitrogen and oxygen atoms in total. The van der Waals surface area contributed by atoms with Gasteiger partial charge in [-0.1, -0.05) is 12.1 Å². The fourth-order valence-electron chi connectivity index (χ4n) is 2.98. The quantitative estimate of drug-likeness (QED) is 0.830. The van der Waals surface area contributed by atoms with Gasteiger partial charge >= 0.3 is 6.18 Å². The lowest BCUT2D eigenvalue weighted by Gasteiger charge is -2.18. The Labute approximate surface area is 150 Å². The van der Waals surface area contributed by atoms with E-state index in [1.54, 1.807) is 0 Å². The zero-order valence-corrected chi connectivity index (χ0v) is 14.1. The van der Waals surface area contributed by atoms with Crippen LogP contribution >= 0.6 is 0 Å². The number of para-hydroxylation sites is 1. The maximum absolute atomic E-state index is 12.9. The van der Waals surface area contributed by atoms with E-state index < -0.39 is 17.6 Å². The van der Waals surface area contributed by atoms with Gasteiger partial charge in [0.1, 0.15) is 0 Å². The molecule has 1 aliphatic rings. The predicted molar refractivity (Wildman–Crippen MR) is 96.5 cm³/mol. The Morgan fingerprint density at radius 3 is 2.31 bits per heavy atom. The predicted octanol–water partition coefficient (Wildman–Crippen LogP) is 4.36. The Morgan fingerprint density at radius 1 is 1.00 bits per heavy atom. The molecule has 3 rings (SSSR count). The smallest absolute Gasteiger partial charge is 0.376 e. The number of halogens is 3. The topological polar surface area (TPSA) is 44.4 Å². The second-order valence-electron chi connectivity index (χ2n) is 6.19. The highest BCUT2D eigenvalue weighted by Gasteiger charge is 2.33. The van der Waals surface area contributed by atoms with Crippen LogP contribution in [0.3, 0.4) is 0 Å². The number of carbonyl (C=O) groups excluding carboxylic acids is 1. The molecular weight excluding hydrogens is 343 g/mol. The SMILES string of the molecule is O=C(CNc1ccc(N2CCCC2)cc1)Nc1ccccc1C(F)(F)F. The Morgan fingerprint density at radius 2 is 1.65 bits per heavy atom. The number of benzene rings is 2. The summed E-state index contributed by atoms with van der Waals surface area (Å²) in [6, 6.07) is 12.6. The molecule has 7 heteroatoms. The first kappa shape index (κ1) is 18.1. The third kappa shape index (κ3) is 4.47. The highest BCUT2D eigenvalue weighted by Crippen LogP contribution is 2.34. The van der Waals surface area contributed by atoms with Crippen LogP contribution in [0.1, 0.15) is 18.4 Å². The summed E-state index contributed by atoms with van der Waals surface area (Å²) < 4.78 is 38.8. The largest absolute Gasteiger partial charge is 0.418 e. The zero-order valence-electron chi connectivity index (χ0n) is 14.1. The van der Waals surface area contributed by atoms with Crippen LogP contribution in [-0.4, -0.2) is 25.5 Å². The average Bonchev–Trinajstić information content (AvgIpc) is 3.15. The first-order valence-electron chi connectivity index (χ1n) is 8.48. The van der Waals surface area contributed by atoms with Crippen molar-refractivity contribution >= 4 is 23.0 Å². The van der Waals surface area contributed by atoms with Crippen molar-refractivity contribution < 1.29 is 18.0 Å². The minimum atomic E-state index is -4.51. The van der Waals surface area contributed by atoms with Crippen LogP contribution in [0.25, 0.3) is 0 Å². The summed E-state index contributed by atoms with van der Waals surface area (Å²) in [5.74, 6) is -0.537. The summed E-state index contributed by atoms with van der Waals surface area (Å²) in [4.78, 5) is 14.3. The van der Waals surface area contributed by atoms with Crippen LogP contribution in [0, 0.1) is 0 Å². The van der Waals surface area contributed by atoms with Crippen LogP contribution in [0.2, 0.25) is 0 Å². The standard InChI is InChI=1S/C19H20F3N3O/c20-19(21,22)16-5-1-2-6-17(16)24-18(26)13-23-14-7-9-15(10-8-14)25-11-3-4-12-25/h1-2,5-10,23H,3-4,11-13H2,(H,24,26). The summed E-state index contributed by atoms with van der Waals surface area (Å²) in [6.45, 7) is 1.98. The van der Waals surface area contributed by atoms with Gasteiger partial charge in [0.25, 0.3) is 0 Å². The number of hydrogen-bond acceptors (Lipinski definition) is 3. The monoisotopic (exact) mass is 363 g/mol. The molecule has 1 heterocycles. The van der Waals surface area contributed by atoms with Gasteiger partial charge in [-0.2, -0.15) is 13.2 Å². The molecule has 0 saturated carbocycles. The van der Waals surface area contributed by atoms with E-state index in [4.69, 9.17) is 0 Å². The van der Waals surface area contributed by atoms with E-state index in [-0.39, 0.29) is 12.2 Å². The molecule has 0 aromatic heterocycles. The maximum Gasteiger partial charge on any atom is 0.418 e. The molecular formula is C19H20F3N3O. The number of nitrogens with one attached hydrogen (secondary N) is 2. The molecule has 0 unspecified atom stereocenters. The van der Waals surface area contributed by atoms with Gasteiger partial charge in [-0.15, -0.1) is 0 Å². The summed E-state index contributed by atoms with van der Waals surface area (Å²) in [5.41, 5.74) is 0.781. The number of nitrogens with zero attached hydrogens (tertiary/aromatic N) is 1. The van der Waals surface area contributed by atoms with Crippen LogP contribution in [-0.2, 0) is 11.0 Å². The third-order valence-electron chi connectivity index (χ3n) is 4.30. The molecule has 0 aliphatic carbocycles. The highest BCUT2D eigenvalue weighted by atomic mass is 19.4. The molecule has 0 bridgehead atoms. The van der Waals surface area contributed by atoms with Crippen LogP contribution in [0.5, 0.6) is 0 Å². The minimum Gasteiger partial charge on any atom is -0.376 e. The Balaban J connectivity index is 1.56. The van der Waals surface area contributed by atoms with E-state index in [0.717, 1.165) is 30.5 Å². The van der Waals surface area contributed by atoms with Gasteiger partial charge < -0.3 is 15.5 Å². The van der Waals surface area contributed by atoms with Gasteiger partial charge in [-0.25, -0.2) is 0 Å². The van der Waals surface area contributed by atoms with Gasteiger partial charge in [0.2, 0.25) is 5.91 Å². The van der Waals surface area contributed by atoms with E-state index in [0.29, 0.717) is 0 Å². The van der Waals surface area contributed by atoms with Crippen molar-refractivity contribution in [3.8, 4) is 0 Å². The fraction of sp³-hybridized carbons (Fsp3) is 0.316. The summed E-state index contributed by atoms with van der Waals surface area (Å²) in [6.07, 6.45) is -2.12. The summed E-state index contributed by atoms with van der Waals surface area (Å²) in [5, 5.41) is 5.24. The lowest BCUT2D eigenvalue weighted by molar-refractivity contribution is -0.137. The van der Waals surface area contributed by atoms with E-state index in [2.05, 4.69) is 15.5 Å². The molecule has 1 amide bonds. The number of rotatable bonds is 5. The Hall–Kier alpha value is -2.70. The second kappa shape index (κ2) is 7.68. The van der Waals surface area contributed by atoms with E-state index in [1.807, 2.05) is 24.3 Å². The van der Waals surface area contributed by atoms with Crippen molar-refractivity contribution in [1.82, 2.24) is 0 Å². The summed E-state index contributed by atoms with van der Waals surface area (Å²) >= 11 is 0. The van der Waals surface area contributed by atoms with Gasteiger partial charge in [-0.3, -0.25) is 4.79 Å². The van der Waals surface area contributed by atoms with E-state index in [1.165, 1.54) is 31.0 Å². The molecule has 2 N–H and O–H groups in total. The number of alkyl halides is 3. The molecule has 1 aliphatic heterocycles. The normalized spacial score (nSPS) is 14.3. The molecule has 26 heavy (non-hydrogen) atoms. The van der Waals surface area contributed by atoms with Crippen molar-refractivity contribution in [3.63, 3.8) is 0 Å². The van der Waals surface area contributed by atoms with E-state index >= 15 is 0 Å². The van der Waals surface area contributed by atoms with Gasteiger partial charge in [-0.05, 0) is 49.2 Å².